The number of hydrogen-bond donors (Lipinski definition) is 0. The van der Waals surface area contributed by atoms with E-state index in [-0.39, 0.29) is 15.8 Å². The van der Waals surface area contributed by atoms with Crippen molar-refractivity contribution in [1.82, 2.24) is 0 Å². The van der Waals surface area contributed by atoms with Crippen molar-refractivity contribution in [2.75, 3.05) is 12.3 Å². The van der Waals surface area contributed by atoms with Crippen molar-refractivity contribution in [2.24, 2.45) is 0 Å². The summed E-state index contributed by atoms with van der Waals surface area (Å²) in [5.74, 6) is 0. The van der Waals surface area contributed by atoms with Crippen LogP contribution in [0, 0.1) is 0 Å². The van der Waals surface area contributed by atoms with Gasteiger partial charge in [-0.15, -0.1) is 0 Å². The molecule has 0 spiro atoms. The zero-order chi connectivity index (χ0) is 25.4. The molecule has 0 heterocycles. The summed E-state index contributed by atoms with van der Waals surface area (Å²) in [5.41, 5.74) is 0. The number of hydrogen-bond acceptors (Lipinski definition) is 0. The third-order valence-corrected chi connectivity index (χ3v) is 12.2. The van der Waals surface area contributed by atoms with E-state index in [0.29, 0.717) is 0 Å². The lowest BCUT2D eigenvalue weighted by Crippen LogP contribution is -2.13. The molecule has 0 aliphatic heterocycles. The molecule has 0 saturated carbocycles. The van der Waals surface area contributed by atoms with E-state index < -0.39 is 0 Å². The highest BCUT2D eigenvalue weighted by Gasteiger charge is 2.13. The molecule has 0 nitrogen and oxygen atoms in total. The Morgan fingerprint density at radius 3 is 0.730 bits per heavy atom. The Hall–Kier alpha value is -2.26. The van der Waals surface area contributed by atoms with Gasteiger partial charge in [-0.05, 0) is 62.2 Å². The van der Waals surface area contributed by atoms with Crippen LogP contribution in [0.25, 0.3) is 0 Å². The summed E-state index contributed by atoms with van der Waals surface area (Å²) in [4.78, 5) is 0. The van der Waals surface area contributed by atoms with Crippen LogP contribution in [0.2, 0.25) is 0 Å². The highest BCUT2D eigenvalue weighted by molar-refractivity contribution is 7.73. The van der Waals surface area contributed by atoms with Crippen molar-refractivity contribution < 1.29 is 0 Å². The molecule has 192 valence electrons. The van der Waals surface area contributed by atoms with Gasteiger partial charge in [-0.1, -0.05) is 166 Å². The second-order valence-electron chi connectivity index (χ2n) is 9.83. The van der Waals surface area contributed by atoms with Gasteiger partial charge in [0.05, 0.1) is 0 Å². The molecule has 0 saturated heterocycles. The normalized spacial score (nSPS) is 11.3. The fourth-order valence-corrected chi connectivity index (χ4v) is 9.86. The predicted molar refractivity (Wildman–Crippen MR) is 169 cm³/mol. The third-order valence-electron chi connectivity index (χ3n) is 7.03. The zero-order valence-corrected chi connectivity index (χ0v) is 24.0. The van der Waals surface area contributed by atoms with Gasteiger partial charge in [0.25, 0.3) is 0 Å². The van der Waals surface area contributed by atoms with Gasteiger partial charge in [0.1, 0.15) is 0 Å². The summed E-state index contributed by atoms with van der Waals surface area (Å²) in [5, 5.41) is 6.08. The molecule has 2 heteroatoms. The molecule has 0 amide bonds. The van der Waals surface area contributed by atoms with Gasteiger partial charge in [-0.25, -0.2) is 0 Å². The van der Waals surface area contributed by atoms with E-state index in [4.69, 9.17) is 0 Å². The highest BCUT2D eigenvalue weighted by atomic mass is 31.1. The smallest absolute Gasteiger partial charge is 0.0195 e. The van der Waals surface area contributed by atoms with Crippen LogP contribution in [-0.2, 0) is 0 Å². The average molecular weight is 525 g/mol. The molecule has 0 radical (unpaired) electrons. The number of unbranched alkanes of at least 4 members (excludes halogenated alkanes) is 8. The molecule has 0 aliphatic rings. The molecule has 0 bridgehead atoms. The monoisotopic (exact) mass is 524 g/mol. The first kappa shape index (κ1) is 27.8. The third kappa shape index (κ3) is 9.52. The van der Waals surface area contributed by atoms with E-state index in [1.165, 1.54) is 91.3 Å². The molecule has 0 unspecified atom stereocenters. The maximum atomic E-state index is 2.32. The Labute approximate surface area is 228 Å². The van der Waals surface area contributed by atoms with Gasteiger partial charge in [0.2, 0.25) is 0 Å². The van der Waals surface area contributed by atoms with Crippen LogP contribution in [-0.4, -0.2) is 12.3 Å². The molecule has 4 rings (SSSR count). The second-order valence-corrected chi connectivity index (χ2v) is 14.5. The standard InChI is InChI=1S/C35H42P2/c1(2-4-6-20-30-36(32-22-12-8-13-23-32)33-24-14-9-15-25-33)3-5-7-21-31-37(34-26-16-10-17-27-34)35-28-18-11-19-29-35/h8-19,22-29H,1-7,20-21,30-31H2. The van der Waals surface area contributed by atoms with Crippen LogP contribution in [0.5, 0.6) is 0 Å². The van der Waals surface area contributed by atoms with Gasteiger partial charge in [-0.3, -0.25) is 0 Å². The summed E-state index contributed by atoms with van der Waals surface area (Å²) in [6.45, 7) is 0. The Kier molecular flexibility index (Phi) is 12.4. The Morgan fingerprint density at radius 2 is 0.486 bits per heavy atom. The Morgan fingerprint density at radius 1 is 0.270 bits per heavy atom. The second kappa shape index (κ2) is 16.6. The van der Waals surface area contributed by atoms with Crippen LogP contribution < -0.4 is 21.2 Å². The molecular weight excluding hydrogens is 482 g/mol. The van der Waals surface area contributed by atoms with Gasteiger partial charge < -0.3 is 0 Å². The van der Waals surface area contributed by atoms with E-state index in [1.54, 1.807) is 0 Å². The minimum Gasteiger partial charge on any atom is -0.0622 e. The van der Waals surface area contributed by atoms with Crippen LogP contribution in [0.15, 0.2) is 121 Å². The molecular formula is C35H42P2. The lowest BCUT2D eigenvalue weighted by atomic mass is 10.1. The maximum Gasteiger partial charge on any atom is -0.0195 e. The van der Waals surface area contributed by atoms with Gasteiger partial charge >= 0.3 is 0 Å². The molecule has 37 heavy (non-hydrogen) atoms. The van der Waals surface area contributed by atoms with E-state index in [2.05, 4.69) is 121 Å². The molecule has 0 N–H and O–H groups in total. The predicted octanol–water partition coefficient (Wildman–Crippen LogP) is 8.76. The highest BCUT2D eigenvalue weighted by Crippen LogP contribution is 2.36. The first-order chi connectivity index (χ1) is 18.4. The molecule has 4 aromatic carbocycles. The van der Waals surface area contributed by atoms with Crippen molar-refractivity contribution >= 4 is 37.1 Å². The minimum absolute atomic E-state index is 0.223. The lowest BCUT2D eigenvalue weighted by Gasteiger charge is -2.19. The fraction of sp³-hybridized carbons (Fsp3) is 0.314. The summed E-state index contributed by atoms with van der Waals surface area (Å²) < 4.78 is 0. The Bertz CT molecular complexity index is 927. The maximum absolute atomic E-state index is 2.32. The van der Waals surface area contributed by atoms with Crippen molar-refractivity contribution in [3.05, 3.63) is 121 Å². The van der Waals surface area contributed by atoms with E-state index in [9.17, 15) is 0 Å². The van der Waals surface area contributed by atoms with E-state index >= 15 is 0 Å². The van der Waals surface area contributed by atoms with E-state index in [1.807, 2.05) is 0 Å². The van der Waals surface area contributed by atoms with Crippen molar-refractivity contribution in [3.63, 3.8) is 0 Å². The van der Waals surface area contributed by atoms with Crippen molar-refractivity contribution in [1.29, 1.82) is 0 Å². The fourth-order valence-electron chi connectivity index (χ4n) is 5.02. The Balaban J connectivity index is 1.09. The lowest BCUT2D eigenvalue weighted by molar-refractivity contribution is 0.574. The SMILES string of the molecule is c1ccc(P(CCCCCCCCCCCP(c2ccccc2)c2ccccc2)c2ccccc2)cc1. The molecule has 0 aliphatic carbocycles. The van der Waals surface area contributed by atoms with Crippen molar-refractivity contribution in [3.8, 4) is 0 Å². The summed E-state index contributed by atoms with van der Waals surface area (Å²) in [7, 11) is -0.447. The van der Waals surface area contributed by atoms with Crippen LogP contribution in [0.4, 0.5) is 0 Å². The van der Waals surface area contributed by atoms with Gasteiger partial charge in [0, 0.05) is 0 Å². The summed E-state index contributed by atoms with van der Waals surface area (Å²) in [6, 6.07) is 44.6. The first-order valence-corrected chi connectivity index (χ1v) is 17.2. The van der Waals surface area contributed by atoms with Gasteiger partial charge in [0.15, 0.2) is 0 Å². The number of rotatable bonds is 16. The van der Waals surface area contributed by atoms with Crippen LogP contribution >= 0.6 is 15.8 Å². The van der Waals surface area contributed by atoms with Crippen LogP contribution in [0.3, 0.4) is 0 Å². The quantitative estimate of drug-likeness (QED) is 0.102. The number of benzene rings is 4. The van der Waals surface area contributed by atoms with Crippen LogP contribution in [0.1, 0.15) is 57.8 Å². The topological polar surface area (TPSA) is 0 Å². The molecule has 4 aromatic rings. The van der Waals surface area contributed by atoms with Gasteiger partial charge in [-0.2, -0.15) is 0 Å². The molecule has 0 fully saturated rings. The summed E-state index contributed by atoms with van der Waals surface area (Å²) in [6.07, 6.45) is 15.0. The molecule has 0 atom stereocenters. The van der Waals surface area contributed by atoms with E-state index in [0.717, 1.165) is 0 Å². The zero-order valence-electron chi connectivity index (χ0n) is 22.2. The minimum atomic E-state index is -0.223. The summed E-state index contributed by atoms with van der Waals surface area (Å²) >= 11 is 0. The average Bonchev–Trinajstić information content (AvgIpc) is 2.97. The molecule has 0 aromatic heterocycles. The largest absolute Gasteiger partial charge is 0.0622 e. The van der Waals surface area contributed by atoms with Crippen molar-refractivity contribution in [2.45, 2.75) is 57.8 Å². The first-order valence-electron chi connectivity index (χ1n) is 14.2.